The largest absolute Gasteiger partial charge is 0.490 e. The van der Waals surface area contributed by atoms with Crippen LogP contribution in [0.2, 0.25) is 0 Å². The van der Waals surface area contributed by atoms with E-state index in [-0.39, 0.29) is 12.3 Å². The number of benzene rings is 1. The number of hydrogen-bond donors (Lipinski definition) is 2. The summed E-state index contributed by atoms with van der Waals surface area (Å²) in [4.78, 5) is 0. The van der Waals surface area contributed by atoms with Crippen LogP contribution in [0.5, 0.6) is 5.75 Å². The van der Waals surface area contributed by atoms with E-state index in [0.717, 1.165) is 25.1 Å². The Bertz CT molecular complexity index is 276. The van der Waals surface area contributed by atoms with E-state index in [0.29, 0.717) is 0 Å². The van der Waals surface area contributed by atoms with Crippen LogP contribution in [0.25, 0.3) is 0 Å². The molecular weight excluding hydrogens is 176 g/mol. The third-order valence-corrected chi connectivity index (χ3v) is 2.44. The van der Waals surface area contributed by atoms with Gasteiger partial charge in [0.15, 0.2) is 0 Å². The van der Waals surface area contributed by atoms with Crippen molar-refractivity contribution in [3.8, 4) is 5.75 Å². The lowest BCUT2D eigenvalue weighted by atomic mass is 10.1. The summed E-state index contributed by atoms with van der Waals surface area (Å²) >= 11 is 0. The summed E-state index contributed by atoms with van der Waals surface area (Å²) in [5.41, 5.74) is 5.79. The molecule has 76 valence electrons. The van der Waals surface area contributed by atoms with Crippen molar-refractivity contribution in [1.82, 2.24) is 5.32 Å². The van der Waals surface area contributed by atoms with Crippen LogP contribution in [0.15, 0.2) is 30.3 Å². The smallest absolute Gasteiger partial charge is 0.119 e. The highest BCUT2D eigenvalue weighted by Crippen LogP contribution is 2.16. The first kappa shape index (κ1) is 9.49. The molecule has 1 aliphatic heterocycles. The molecule has 2 rings (SSSR count). The van der Waals surface area contributed by atoms with Crippen molar-refractivity contribution in [2.45, 2.75) is 25.1 Å². The van der Waals surface area contributed by atoms with Crippen LogP contribution in [-0.4, -0.2) is 18.8 Å². The summed E-state index contributed by atoms with van der Waals surface area (Å²) < 4.78 is 5.81. The van der Waals surface area contributed by atoms with Crippen molar-refractivity contribution in [2.24, 2.45) is 5.73 Å². The topological polar surface area (TPSA) is 47.3 Å². The number of nitrogens with one attached hydrogen (secondary N) is 1. The normalized spacial score (nSPS) is 27.2. The third-order valence-electron chi connectivity index (χ3n) is 2.44. The van der Waals surface area contributed by atoms with Gasteiger partial charge in [0.25, 0.3) is 0 Å². The summed E-state index contributed by atoms with van der Waals surface area (Å²) in [6.45, 7) is 0.943. The Labute approximate surface area is 84.3 Å². The number of ether oxygens (including phenoxy) is 1. The Morgan fingerprint density at radius 3 is 2.79 bits per heavy atom. The molecule has 3 heteroatoms. The van der Waals surface area contributed by atoms with Crippen LogP contribution >= 0.6 is 0 Å². The van der Waals surface area contributed by atoms with Gasteiger partial charge in [0, 0.05) is 13.0 Å². The van der Waals surface area contributed by atoms with E-state index in [1.165, 1.54) is 0 Å². The average Bonchev–Trinajstić information content (AvgIpc) is 2.19. The van der Waals surface area contributed by atoms with Crippen molar-refractivity contribution < 1.29 is 4.74 Å². The molecule has 0 aromatic heterocycles. The molecule has 3 N–H and O–H groups in total. The molecule has 3 nitrogen and oxygen atoms in total. The molecule has 0 aliphatic carbocycles. The van der Waals surface area contributed by atoms with Gasteiger partial charge in [-0.05, 0) is 18.6 Å². The lowest BCUT2D eigenvalue weighted by Crippen LogP contribution is -2.47. The highest BCUT2D eigenvalue weighted by atomic mass is 16.5. The van der Waals surface area contributed by atoms with Gasteiger partial charge in [0.2, 0.25) is 0 Å². The standard InChI is InChI=1S/C11H16N2O/c12-11-8-10(6-7-13-11)14-9-4-2-1-3-5-9/h1-5,10-11,13H,6-8,12H2. The first-order chi connectivity index (χ1) is 6.84. The minimum Gasteiger partial charge on any atom is -0.490 e. The van der Waals surface area contributed by atoms with Crippen LogP contribution in [-0.2, 0) is 0 Å². The fraction of sp³-hybridized carbons (Fsp3) is 0.455. The monoisotopic (exact) mass is 192 g/mol. The van der Waals surface area contributed by atoms with Crippen molar-refractivity contribution in [3.05, 3.63) is 30.3 Å². The molecule has 0 radical (unpaired) electrons. The summed E-state index contributed by atoms with van der Waals surface area (Å²) in [5, 5.41) is 3.20. The minimum atomic E-state index is 0.0810. The number of piperidine rings is 1. The first-order valence-electron chi connectivity index (χ1n) is 5.05. The van der Waals surface area contributed by atoms with Gasteiger partial charge < -0.3 is 15.8 Å². The van der Waals surface area contributed by atoms with Crippen molar-refractivity contribution in [2.75, 3.05) is 6.54 Å². The second kappa shape index (κ2) is 4.44. The van der Waals surface area contributed by atoms with Crippen molar-refractivity contribution in [1.29, 1.82) is 0 Å². The molecule has 1 fully saturated rings. The number of nitrogens with two attached hydrogens (primary N) is 1. The lowest BCUT2D eigenvalue weighted by Gasteiger charge is -2.28. The Morgan fingerprint density at radius 2 is 2.07 bits per heavy atom. The van der Waals surface area contributed by atoms with Gasteiger partial charge in [-0.2, -0.15) is 0 Å². The second-order valence-electron chi connectivity index (χ2n) is 3.64. The van der Waals surface area contributed by atoms with Crippen LogP contribution in [0.4, 0.5) is 0 Å². The van der Waals surface area contributed by atoms with Crippen LogP contribution in [0.1, 0.15) is 12.8 Å². The Hall–Kier alpha value is -1.06. The van der Waals surface area contributed by atoms with Gasteiger partial charge in [-0.3, -0.25) is 0 Å². The Balaban J connectivity index is 1.91. The molecule has 1 saturated heterocycles. The van der Waals surface area contributed by atoms with Gasteiger partial charge in [-0.1, -0.05) is 18.2 Å². The van der Waals surface area contributed by atoms with E-state index in [9.17, 15) is 0 Å². The van der Waals surface area contributed by atoms with Crippen LogP contribution < -0.4 is 15.8 Å². The molecule has 1 aromatic carbocycles. The molecule has 1 heterocycles. The van der Waals surface area contributed by atoms with Gasteiger partial charge in [0.05, 0.1) is 6.17 Å². The van der Waals surface area contributed by atoms with E-state index in [4.69, 9.17) is 10.5 Å². The van der Waals surface area contributed by atoms with E-state index >= 15 is 0 Å². The third kappa shape index (κ3) is 2.47. The fourth-order valence-electron chi connectivity index (χ4n) is 1.71. The molecule has 1 aromatic rings. The summed E-state index contributed by atoms with van der Waals surface area (Å²) in [7, 11) is 0. The Kier molecular flexibility index (Phi) is 3.01. The molecule has 0 amide bonds. The van der Waals surface area contributed by atoms with Crippen molar-refractivity contribution in [3.63, 3.8) is 0 Å². The quantitative estimate of drug-likeness (QED) is 0.737. The van der Waals surface area contributed by atoms with Crippen LogP contribution in [0.3, 0.4) is 0 Å². The molecule has 14 heavy (non-hydrogen) atoms. The maximum absolute atomic E-state index is 5.81. The van der Waals surface area contributed by atoms with Gasteiger partial charge in [-0.15, -0.1) is 0 Å². The van der Waals surface area contributed by atoms with Gasteiger partial charge >= 0.3 is 0 Å². The van der Waals surface area contributed by atoms with E-state index < -0.39 is 0 Å². The highest BCUT2D eigenvalue weighted by molar-refractivity contribution is 5.21. The van der Waals surface area contributed by atoms with Gasteiger partial charge in [0.1, 0.15) is 11.9 Å². The summed E-state index contributed by atoms with van der Waals surface area (Å²) in [5.74, 6) is 0.937. The first-order valence-corrected chi connectivity index (χ1v) is 5.05. The maximum Gasteiger partial charge on any atom is 0.119 e. The van der Waals surface area contributed by atoms with E-state index in [1.54, 1.807) is 0 Å². The molecule has 0 bridgehead atoms. The zero-order valence-electron chi connectivity index (χ0n) is 8.15. The average molecular weight is 192 g/mol. The van der Waals surface area contributed by atoms with E-state index in [2.05, 4.69) is 5.32 Å². The molecular formula is C11H16N2O. The predicted octanol–water partition coefficient (Wildman–Crippen LogP) is 1.10. The fourth-order valence-corrected chi connectivity index (χ4v) is 1.71. The van der Waals surface area contributed by atoms with Gasteiger partial charge in [-0.25, -0.2) is 0 Å². The predicted molar refractivity (Wildman–Crippen MR) is 56.1 cm³/mol. The second-order valence-corrected chi connectivity index (χ2v) is 3.64. The number of rotatable bonds is 2. The highest BCUT2D eigenvalue weighted by Gasteiger charge is 2.19. The minimum absolute atomic E-state index is 0.0810. The molecule has 2 atom stereocenters. The molecule has 1 aliphatic rings. The Morgan fingerprint density at radius 1 is 1.29 bits per heavy atom. The molecule has 2 unspecified atom stereocenters. The number of para-hydroxylation sites is 1. The summed E-state index contributed by atoms with van der Waals surface area (Å²) in [6, 6.07) is 9.91. The van der Waals surface area contributed by atoms with E-state index in [1.807, 2.05) is 30.3 Å². The summed E-state index contributed by atoms with van der Waals surface area (Å²) in [6.07, 6.45) is 2.25. The maximum atomic E-state index is 5.81. The zero-order chi connectivity index (χ0) is 9.80. The van der Waals surface area contributed by atoms with Crippen LogP contribution in [0, 0.1) is 0 Å². The molecule has 0 saturated carbocycles. The lowest BCUT2D eigenvalue weighted by molar-refractivity contribution is 0.141. The van der Waals surface area contributed by atoms with Crippen molar-refractivity contribution >= 4 is 0 Å². The SMILES string of the molecule is NC1CC(Oc2ccccc2)CCN1. The molecule has 0 spiro atoms. The number of hydrogen-bond acceptors (Lipinski definition) is 3. The zero-order valence-corrected chi connectivity index (χ0v) is 8.15.